The Labute approximate surface area is 122 Å². The Bertz CT molecular complexity index is 380. The first kappa shape index (κ1) is 17.2. The van der Waals surface area contributed by atoms with Crippen molar-refractivity contribution < 1.29 is 19.4 Å². The molecule has 1 N–H and O–H groups in total. The van der Waals surface area contributed by atoms with Gasteiger partial charge < -0.3 is 14.6 Å². The molecule has 2 unspecified atom stereocenters. The first-order valence-corrected chi connectivity index (χ1v) is 7.24. The zero-order chi connectivity index (χ0) is 15.6. The summed E-state index contributed by atoms with van der Waals surface area (Å²) in [6.45, 7) is 11.8. The Morgan fingerprint density at radius 1 is 1.45 bits per heavy atom. The number of hydrogen-bond acceptors (Lipinski definition) is 4. The Hall–Kier alpha value is -0.870. The van der Waals surface area contributed by atoms with Gasteiger partial charge in [0.2, 0.25) is 0 Å². The third-order valence-electron chi connectivity index (χ3n) is 3.52. The Morgan fingerprint density at radius 2 is 2.05 bits per heavy atom. The molecule has 4 heteroatoms. The topological polar surface area (TPSA) is 55.8 Å². The van der Waals surface area contributed by atoms with E-state index < -0.39 is 17.7 Å². The van der Waals surface area contributed by atoms with E-state index in [0.717, 1.165) is 12.8 Å². The van der Waals surface area contributed by atoms with Gasteiger partial charge in [-0.05, 0) is 51.5 Å². The fourth-order valence-electron chi connectivity index (χ4n) is 2.37. The van der Waals surface area contributed by atoms with Crippen LogP contribution in [0.2, 0.25) is 0 Å². The van der Waals surface area contributed by atoms with Gasteiger partial charge in [0, 0.05) is 0 Å². The molecule has 1 aliphatic rings. The van der Waals surface area contributed by atoms with E-state index in [1.54, 1.807) is 0 Å². The molecule has 0 aromatic rings. The quantitative estimate of drug-likeness (QED) is 0.602. The first-order valence-electron chi connectivity index (χ1n) is 7.24. The third kappa shape index (κ3) is 5.25. The van der Waals surface area contributed by atoms with Gasteiger partial charge in [-0.25, -0.2) is 4.79 Å². The predicted octanol–water partition coefficient (Wildman–Crippen LogP) is 2.84. The highest BCUT2D eigenvalue weighted by Crippen LogP contribution is 2.38. The monoisotopic (exact) mass is 284 g/mol. The lowest BCUT2D eigenvalue weighted by atomic mass is 9.89. The van der Waals surface area contributed by atoms with Gasteiger partial charge in [0.15, 0.2) is 0 Å². The van der Waals surface area contributed by atoms with Crippen LogP contribution < -0.4 is 0 Å². The Morgan fingerprint density at radius 3 is 2.50 bits per heavy atom. The molecule has 1 aliphatic carbocycles. The molecule has 0 amide bonds. The fraction of sp³-hybridized carbons (Fsp3) is 0.812. The standard InChI is InChI=1S/C16H28O4/c1-11(17)14(18)19-10-16(5,6)20-12(2)13-7-8-15(3,4)9-13/h7,11-12,17H,8-10H2,1-6H3. The zero-order valence-electron chi connectivity index (χ0n) is 13.5. The summed E-state index contributed by atoms with van der Waals surface area (Å²) >= 11 is 0. The summed E-state index contributed by atoms with van der Waals surface area (Å²) in [4.78, 5) is 11.3. The molecule has 4 nitrogen and oxygen atoms in total. The number of esters is 1. The average Bonchev–Trinajstić information content (AvgIpc) is 2.66. The first-order chi connectivity index (χ1) is 9.02. The maximum Gasteiger partial charge on any atom is 0.334 e. The molecular weight excluding hydrogens is 256 g/mol. The number of rotatable bonds is 6. The summed E-state index contributed by atoms with van der Waals surface area (Å²) < 4.78 is 11.1. The van der Waals surface area contributed by atoms with Gasteiger partial charge in [-0.3, -0.25) is 0 Å². The minimum atomic E-state index is -1.10. The second-order valence-corrected chi connectivity index (χ2v) is 7.13. The van der Waals surface area contributed by atoms with Crippen molar-refractivity contribution in [2.24, 2.45) is 5.41 Å². The fourth-order valence-corrected chi connectivity index (χ4v) is 2.37. The number of carbonyl (C=O) groups excluding carboxylic acids is 1. The summed E-state index contributed by atoms with van der Waals surface area (Å²) in [6, 6.07) is 0. The summed E-state index contributed by atoms with van der Waals surface area (Å²) in [6.07, 6.45) is 3.28. The van der Waals surface area contributed by atoms with E-state index >= 15 is 0 Å². The highest BCUT2D eigenvalue weighted by atomic mass is 16.6. The van der Waals surface area contributed by atoms with Crippen molar-refractivity contribution in [1.29, 1.82) is 0 Å². The molecular formula is C16H28O4. The molecule has 20 heavy (non-hydrogen) atoms. The van der Waals surface area contributed by atoms with Crippen LogP contribution in [0.1, 0.15) is 54.4 Å². The predicted molar refractivity (Wildman–Crippen MR) is 78.4 cm³/mol. The van der Waals surface area contributed by atoms with E-state index in [0.29, 0.717) is 5.41 Å². The second-order valence-electron chi connectivity index (χ2n) is 7.13. The van der Waals surface area contributed by atoms with E-state index in [9.17, 15) is 4.79 Å². The Balaban J connectivity index is 2.48. The molecule has 1 rings (SSSR count). The van der Waals surface area contributed by atoms with Crippen LogP contribution in [0.25, 0.3) is 0 Å². The molecule has 0 saturated carbocycles. The molecule has 0 bridgehead atoms. The minimum Gasteiger partial charge on any atom is -0.461 e. The van der Waals surface area contributed by atoms with E-state index in [1.807, 2.05) is 20.8 Å². The molecule has 0 saturated heterocycles. The summed E-state index contributed by atoms with van der Waals surface area (Å²) in [7, 11) is 0. The van der Waals surface area contributed by atoms with Crippen LogP contribution in [0.5, 0.6) is 0 Å². The third-order valence-corrected chi connectivity index (χ3v) is 3.52. The van der Waals surface area contributed by atoms with Crippen LogP contribution in [0.15, 0.2) is 11.6 Å². The van der Waals surface area contributed by atoms with Crippen molar-refractivity contribution in [1.82, 2.24) is 0 Å². The van der Waals surface area contributed by atoms with Crippen LogP contribution in [-0.4, -0.2) is 35.5 Å². The zero-order valence-corrected chi connectivity index (χ0v) is 13.5. The molecule has 0 spiro atoms. The van der Waals surface area contributed by atoms with Gasteiger partial charge in [0.1, 0.15) is 12.7 Å². The van der Waals surface area contributed by atoms with E-state index in [2.05, 4.69) is 19.9 Å². The molecule has 0 radical (unpaired) electrons. The van der Waals surface area contributed by atoms with Crippen molar-refractivity contribution in [3.63, 3.8) is 0 Å². The highest BCUT2D eigenvalue weighted by molar-refractivity contribution is 5.73. The molecule has 0 fully saturated rings. The molecule has 0 aliphatic heterocycles. The largest absolute Gasteiger partial charge is 0.461 e. The number of hydrogen-bond donors (Lipinski definition) is 1. The smallest absolute Gasteiger partial charge is 0.334 e. The molecule has 0 aromatic carbocycles. The number of aliphatic hydroxyl groups is 1. The van der Waals surface area contributed by atoms with Crippen LogP contribution in [0.3, 0.4) is 0 Å². The molecule has 0 aromatic heterocycles. The van der Waals surface area contributed by atoms with Crippen LogP contribution in [0, 0.1) is 5.41 Å². The lowest BCUT2D eigenvalue weighted by molar-refractivity contribution is -0.163. The summed E-state index contributed by atoms with van der Waals surface area (Å²) in [5.41, 5.74) is 1.05. The molecule has 2 atom stereocenters. The van der Waals surface area contributed by atoms with Crippen LogP contribution >= 0.6 is 0 Å². The summed E-state index contributed by atoms with van der Waals surface area (Å²) in [5.74, 6) is -0.615. The number of aliphatic hydroxyl groups excluding tert-OH is 1. The van der Waals surface area contributed by atoms with E-state index in [-0.39, 0.29) is 12.7 Å². The maximum atomic E-state index is 11.3. The van der Waals surface area contributed by atoms with Gasteiger partial charge in [0.25, 0.3) is 0 Å². The normalized spacial score (nSPS) is 21.2. The highest BCUT2D eigenvalue weighted by Gasteiger charge is 2.31. The average molecular weight is 284 g/mol. The van der Waals surface area contributed by atoms with Crippen LogP contribution in [0.4, 0.5) is 0 Å². The van der Waals surface area contributed by atoms with E-state index in [1.165, 1.54) is 12.5 Å². The van der Waals surface area contributed by atoms with Gasteiger partial charge in [-0.1, -0.05) is 19.9 Å². The maximum absolute atomic E-state index is 11.3. The van der Waals surface area contributed by atoms with Gasteiger partial charge >= 0.3 is 5.97 Å². The number of allylic oxidation sites excluding steroid dienone is 1. The SMILES string of the molecule is CC(O)C(=O)OCC(C)(C)OC(C)C1=CCC(C)(C)C1. The Kier molecular flexibility index (Phi) is 5.39. The lowest BCUT2D eigenvalue weighted by Crippen LogP contribution is -2.37. The van der Waals surface area contributed by atoms with Crippen molar-refractivity contribution in [2.75, 3.05) is 6.61 Å². The molecule has 0 heterocycles. The van der Waals surface area contributed by atoms with Crippen molar-refractivity contribution in [2.45, 2.75) is 72.2 Å². The summed E-state index contributed by atoms with van der Waals surface area (Å²) in [5, 5.41) is 9.11. The number of carbonyl (C=O) groups is 1. The number of ether oxygens (including phenoxy) is 2. The van der Waals surface area contributed by atoms with Crippen LogP contribution in [-0.2, 0) is 14.3 Å². The van der Waals surface area contributed by atoms with Crippen molar-refractivity contribution in [3.05, 3.63) is 11.6 Å². The van der Waals surface area contributed by atoms with E-state index in [4.69, 9.17) is 14.6 Å². The second kappa shape index (κ2) is 6.27. The van der Waals surface area contributed by atoms with Crippen molar-refractivity contribution >= 4 is 5.97 Å². The van der Waals surface area contributed by atoms with Gasteiger partial charge in [-0.15, -0.1) is 0 Å². The lowest BCUT2D eigenvalue weighted by Gasteiger charge is -2.30. The van der Waals surface area contributed by atoms with Gasteiger partial charge in [0.05, 0.1) is 11.7 Å². The molecule has 116 valence electrons. The van der Waals surface area contributed by atoms with Gasteiger partial charge in [-0.2, -0.15) is 0 Å². The minimum absolute atomic E-state index is 0.0111. The van der Waals surface area contributed by atoms with Crippen molar-refractivity contribution in [3.8, 4) is 0 Å².